The first-order valence-corrected chi connectivity index (χ1v) is 9.60. The number of esters is 1. The van der Waals surface area contributed by atoms with Crippen molar-refractivity contribution in [2.75, 3.05) is 32.2 Å². The Morgan fingerprint density at radius 3 is 2.21 bits per heavy atom. The van der Waals surface area contributed by atoms with Crippen LogP contribution in [-0.4, -0.2) is 49.6 Å². The summed E-state index contributed by atoms with van der Waals surface area (Å²) < 4.78 is 10.7. The van der Waals surface area contributed by atoms with Crippen LogP contribution in [-0.2, 0) is 9.47 Å². The van der Waals surface area contributed by atoms with E-state index in [1.165, 1.54) is 7.11 Å². The molecule has 0 bridgehead atoms. The van der Waals surface area contributed by atoms with Crippen LogP contribution in [0.5, 0.6) is 0 Å². The molecule has 1 aliphatic heterocycles. The van der Waals surface area contributed by atoms with Gasteiger partial charge >= 0.3 is 5.97 Å². The lowest BCUT2D eigenvalue weighted by Crippen LogP contribution is -2.26. The maximum atomic E-state index is 13.0. The number of aromatic nitrogens is 2. The highest BCUT2D eigenvalue weighted by molar-refractivity contribution is 6.05. The van der Waals surface area contributed by atoms with Gasteiger partial charge in [0.15, 0.2) is 5.82 Å². The predicted molar refractivity (Wildman–Crippen MR) is 112 cm³/mol. The highest BCUT2D eigenvalue weighted by Crippen LogP contribution is 2.38. The monoisotopic (exact) mass is 389 g/mol. The van der Waals surface area contributed by atoms with Gasteiger partial charge in [-0.3, -0.25) is 0 Å². The molecule has 0 spiro atoms. The highest BCUT2D eigenvalue weighted by Gasteiger charge is 2.31. The first-order chi connectivity index (χ1) is 14.2. The zero-order valence-electron chi connectivity index (χ0n) is 16.5. The summed E-state index contributed by atoms with van der Waals surface area (Å²) in [5.41, 5.74) is 3.61. The Morgan fingerprint density at radius 1 is 0.966 bits per heavy atom. The Morgan fingerprint density at radius 2 is 1.62 bits per heavy atom. The largest absolute Gasteiger partial charge is 0.465 e. The van der Waals surface area contributed by atoms with Gasteiger partial charge in [0.1, 0.15) is 11.3 Å². The Bertz CT molecular complexity index is 993. The maximum Gasteiger partial charge on any atom is 0.342 e. The molecule has 1 fully saturated rings. The number of hydrogen-bond acceptors (Lipinski definition) is 6. The molecular weight excluding hydrogens is 366 g/mol. The number of carbonyl (C=O) groups is 1. The summed E-state index contributed by atoms with van der Waals surface area (Å²) in [6.45, 7) is 1.41. The molecule has 2 heterocycles. The topological polar surface area (TPSA) is 64.5 Å². The first kappa shape index (κ1) is 19.1. The summed E-state index contributed by atoms with van der Waals surface area (Å²) in [4.78, 5) is 15.0. The Labute approximate surface area is 170 Å². The van der Waals surface area contributed by atoms with Gasteiger partial charge in [-0.2, -0.15) is 0 Å². The van der Waals surface area contributed by atoms with Crippen molar-refractivity contribution in [3.8, 4) is 22.4 Å². The highest BCUT2D eigenvalue weighted by atomic mass is 16.5. The molecule has 1 unspecified atom stereocenters. The van der Waals surface area contributed by atoms with Crippen molar-refractivity contribution in [2.24, 2.45) is 0 Å². The van der Waals surface area contributed by atoms with Crippen molar-refractivity contribution in [1.82, 2.24) is 10.2 Å². The van der Waals surface area contributed by atoms with Crippen LogP contribution in [0.3, 0.4) is 0 Å². The Hall–Kier alpha value is -3.25. The van der Waals surface area contributed by atoms with E-state index in [1.54, 1.807) is 7.11 Å². The molecule has 4 rings (SSSR count). The molecule has 0 saturated carbocycles. The van der Waals surface area contributed by atoms with Crippen LogP contribution in [0.1, 0.15) is 16.8 Å². The van der Waals surface area contributed by atoms with E-state index in [1.807, 2.05) is 60.7 Å². The molecule has 2 aromatic carbocycles. The van der Waals surface area contributed by atoms with Crippen LogP contribution in [0.15, 0.2) is 60.7 Å². The SMILES string of the molecule is COC(=O)c1c(N2CCC(OC)C2)nnc(-c2ccccc2)c1-c1ccccc1. The molecular formula is C23H23N3O3. The van der Waals surface area contributed by atoms with Gasteiger partial charge < -0.3 is 14.4 Å². The van der Waals surface area contributed by atoms with Gasteiger partial charge in [-0.15, -0.1) is 10.2 Å². The summed E-state index contributed by atoms with van der Waals surface area (Å²) in [7, 11) is 3.10. The molecule has 29 heavy (non-hydrogen) atoms. The van der Waals surface area contributed by atoms with E-state index >= 15 is 0 Å². The average molecular weight is 389 g/mol. The van der Waals surface area contributed by atoms with Crippen molar-refractivity contribution in [3.05, 3.63) is 66.2 Å². The number of benzene rings is 2. The fourth-order valence-corrected chi connectivity index (χ4v) is 3.74. The second-order valence-corrected chi connectivity index (χ2v) is 6.94. The molecule has 6 heteroatoms. The molecule has 3 aromatic rings. The van der Waals surface area contributed by atoms with Crippen LogP contribution in [0.25, 0.3) is 22.4 Å². The first-order valence-electron chi connectivity index (χ1n) is 9.60. The molecule has 1 atom stereocenters. The number of hydrogen-bond donors (Lipinski definition) is 0. The van der Waals surface area contributed by atoms with Gasteiger partial charge in [0, 0.05) is 31.3 Å². The van der Waals surface area contributed by atoms with E-state index in [0.29, 0.717) is 23.6 Å². The molecule has 1 aromatic heterocycles. The zero-order valence-corrected chi connectivity index (χ0v) is 16.5. The normalized spacial score (nSPS) is 16.1. The van der Waals surface area contributed by atoms with Gasteiger partial charge in [0.05, 0.1) is 13.2 Å². The van der Waals surface area contributed by atoms with Gasteiger partial charge in [0.25, 0.3) is 0 Å². The number of nitrogens with zero attached hydrogens (tertiary/aromatic N) is 3. The van der Waals surface area contributed by atoms with Crippen LogP contribution >= 0.6 is 0 Å². The number of methoxy groups -OCH3 is 2. The lowest BCUT2D eigenvalue weighted by Gasteiger charge is -2.22. The molecule has 1 saturated heterocycles. The van der Waals surface area contributed by atoms with Crippen LogP contribution < -0.4 is 4.90 Å². The third kappa shape index (κ3) is 3.71. The Balaban J connectivity index is 1.97. The van der Waals surface area contributed by atoms with Gasteiger partial charge in [-0.25, -0.2) is 4.79 Å². The summed E-state index contributed by atoms with van der Waals surface area (Å²) in [6, 6.07) is 19.6. The van der Waals surface area contributed by atoms with Crippen molar-refractivity contribution in [2.45, 2.75) is 12.5 Å². The molecule has 0 radical (unpaired) electrons. The fraction of sp³-hybridized carbons (Fsp3) is 0.261. The van der Waals surface area contributed by atoms with E-state index < -0.39 is 5.97 Å². The lowest BCUT2D eigenvalue weighted by molar-refractivity contribution is 0.0601. The van der Waals surface area contributed by atoms with Crippen LogP contribution in [0.2, 0.25) is 0 Å². The van der Waals surface area contributed by atoms with Crippen molar-refractivity contribution < 1.29 is 14.3 Å². The van der Waals surface area contributed by atoms with Crippen LogP contribution in [0, 0.1) is 0 Å². The van der Waals surface area contributed by atoms with Gasteiger partial charge in [-0.1, -0.05) is 60.7 Å². The van der Waals surface area contributed by atoms with Crippen molar-refractivity contribution >= 4 is 11.8 Å². The van der Waals surface area contributed by atoms with E-state index in [9.17, 15) is 4.79 Å². The molecule has 6 nitrogen and oxygen atoms in total. The second kappa shape index (κ2) is 8.41. The van der Waals surface area contributed by atoms with E-state index in [4.69, 9.17) is 9.47 Å². The third-order valence-corrected chi connectivity index (χ3v) is 5.23. The number of carbonyl (C=O) groups excluding carboxylic acids is 1. The standard InChI is InChI=1S/C23H23N3O3/c1-28-18-13-14-26(15-18)22-20(23(27)29-2)19(16-9-5-3-6-10-16)21(24-25-22)17-11-7-4-8-12-17/h3-12,18H,13-15H2,1-2H3. The maximum absolute atomic E-state index is 13.0. The van der Waals surface area contributed by atoms with Crippen molar-refractivity contribution in [3.63, 3.8) is 0 Å². The van der Waals surface area contributed by atoms with E-state index in [0.717, 1.165) is 29.7 Å². The van der Waals surface area contributed by atoms with Gasteiger partial charge in [0.2, 0.25) is 0 Å². The fourth-order valence-electron chi connectivity index (χ4n) is 3.74. The minimum atomic E-state index is -0.424. The number of anilines is 1. The lowest BCUT2D eigenvalue weighted by atomic mass is 9.95. The van der Waals surface area contributed by atoms with Crippen LogP contribution in [0.4, 0.5) is 5.82 Å². The molecule has 0 amide bonds. The molecule has 0 N–H and O–H groups in total. The minimum Gasteiger partial charge on any atom is -0.465 e. The van der Waals surface area contributed by atoms with E-state index in [2.05, 4.69) is 15.1 Å². The summed E-state index contributed by atoms with van der Waals surface area (Å²) in [6.07, 6.45) is 0.983. The summed E-state index contributed by atoms with van der Waals surface area (Å²) in [5.74, 6) is 0.113. The molecule has 148 valence electrons. The Kier molecular flexibility index (Phi) is 5.53. The average Bonchev–Trinajstić information content (AvgIpc) is 3.28. The predicted octanol–water partition coefficient (Wildman–Crippen LogP) is 3.82. The minimum absolute atomic E-state index is 0.108. The zero-order chi connectivity index (χ0) is 20.2. The second-order valence-electron chi connectivity index (χ2n) is 6.94. The number of ether oxygens (including phenoxy) is 2. The molecule has 0 aliphatic carbocycles. The van der Waals surface area contributed by atoms with Crippen molar-refractivity contribution in [1.29, 1.82) is 0 Å². The number of rotatable bonds is 5. The third-order valence-electron chi connectivity index (χ3n) is 5.23. The van der Waals surface area contributed by atoms with Gasteiger partial charge in [-0.05, 0) is 12.0 Å². The smallest absolute Gasteiger partial charge is 0.342 e. The summed E-state index contributed by atoms with van der Waals surface area (Å²) in [5, 5.41) is 9.04. The quantitative estimate of drug-likeness (QED) is 0.618. The van der Waals surface area contributed by atoms with E-state index in [-0.39, 0.29) is 6.10 Å². The summed E-state index contributed by atoms with van der Waals surface area (Å²) >= 11 is 0. The molecule has 1 aliphatic rings.